The van der Waals surface area contributed by atoms with Crippen molar-refractivity contribution in [2.24, 2.45) is 0 Å². The maximum atomic E-state index is 13.2. The number of benzene rings is 2. The molecule has 2 aromatic carbocycles. The van der Waals surface area contributed by atoms with Crippen molar-refractivity contribution in [2.75, 3.05) is 0 Å². The number of ether oxygens (including phenoxy) is 1. The molecule has 0 saturated carbocycles. The Balaban J connectivity index is 2.11. The Labute approximate surface area is 120 Å². The van der Waals surface area contributed by atoms with E-state index in [-0.39, 0.29) is 12.3 Å². The van der Waals surface area contributed by atoms with Gasteiger partial charge < -0.3 is 9.84 Å². The van der Waals surface area contributed by atoms with Crippen LogP contribution in [-0.2, 0) is 6.61 Å². The zero-order chi connectivity index (χ0) is 15.4. The highest BCUT2D eigenvalue weighted by Gasteiger charge is 2.11. The van der Waals surface area contributed by atoms with Gasteiger partial charge in [0.05, 0.1) is 11.0 Å². The first-order valence-corrected chi connectivity index (χ1v) is 6.31. The van der Waals surface area contributed by atoms with Gasteiger partial charge in [0.25, 0.3) is 5.69 Å². The number of aliphatic hydroxyl groups excluding tert-OH is 1. The molecule has 1 N–H and O–H groups in total. The summed E-state index contributed by atoms with van der Waals surface area (Å²) in [5, 5.41) is 20.2. The summed E-state index contributed by atoms with van der Waals surface area (Å²) >= 11 is 0. The van der Waals surface area contributed by atoms with Crippen LogP contribution in [0.4, 0.5) is 10.1 Å². The topological polar surface area (TPSA) is 72.6 Å². The van der Waals surface area contributed by atoms with Crippen LogP contribution in [0.2, 0.25) is 0 Å². The molecule has 0 aliphatic rings. The Bertz CT molecular complexity index is 641. The predicted octanol–water partition coefficient (Wildman–Crippen LogP) is 3.37. The van der Waals surface area contributed by atoms with E-state index >= 15 is 0 Å². The third kappa shape index (κ3) is 3.76. The molecular weight excluding hydrogens is 277 g/mol. The molecule has 0 amide bonds. The minimum atomic E-state index is -0.854. The van der Waals surface area contributed by atoms with Crippen molar-refractivity contribution >= 4 is 5.69 Å². The molecule has 0 bridgehead atoms. The molecule has 2 aromatic rings. The zero-order valence-electron chi connectivity index (χ0n) is 11.3. The molecule has 6 heteroatoms. The number of halogens is 1. The van der Waals surface area contributed by atoms with Gasteiger partial charge in [0.15, 0.2) is 0 Å². The number of hydrogen-bond acceptors (Lipinski definition) is 4. The van der Waals surface area contributed by atoms with Crippen molar-refractivity contribution in [1.82, 2.24) is 0 Å². The maximum absolute atomic E-state index is 13.2. The SMILES string of the molecule is CC(O)c1cc(F)ccc1OCc1ccc([N+](=O)[O-])cc1. The fourth-order valence-corrected chi connectivity index (χ4v) is 1.85. The van der Waals surface area contributed by atoms with Crippen molar-refractivity contribution in [1.29, 1.82) is 0 Å². The van der Waals surface area contributed by atoms with E-state index in [9.17, 15) is 19.6 Å². The summed E-state index contributed by atoms with van der Waals surface area (Å²) < 4.78 is 18.7. The van der Waals surface area contributed by atoms with E-state index in [2.05, 4.69) is 0 Å². The van der Waals surface area contributed by atoms with Gasteiger partial charge in [0.1, 0.15) is 18.2 Å². The summed E-state index contributed by atoms with van der Waals surface area (Å²) in [4.78, 5) is 10.1. The quantitative estimate of drug-likeness (QED) is 0.677. The molecular formula is C15H14FNO4. The van der Waals surface area contributed by atoms with E-state index in [4.69, 9.17) is 4.74 Å². The standard InChI is InChI=1S/C15H14FNO4/c1-10(18)14-8-12(16)4-7-15(14)21-9-11-2-5-13(6-3-11)17(19)20/h2-8,10,18H,9H2,1H3. The van der Waals surface area contributed by atoms with Crippen LogP contribution >= 0.6 is 0 Å². The minimum absolute atomic E-state index is 0.00482. The van der Waals surface area contributed by atoms with Crippen LogP contribution in [-0.4, -0.2) is 10.0 Å². The van der Waals surface area contributed by atoms with Crippen molar-refractivity contribution in [3.63, 3.8) is 0 Å². The van der Waals surface area contributed by atoms with Gasteiger partial charge in [-0.2, -0.15) is 0 Å². The van der Waals surface area contributed by atoms with Crippen LogP contribution in [0.1, 0.15) is 24.2 Å². The average Bonchev–Trinajstić information content (AvgIpc) is 2.46. The smallest absolute Gasteiger partial charge is 0.269 e. The Morgan fingerprint density at radius 2 is 1.95 bits per heavy atom. The largest absolute Gasteiger partial charge is 0.489 e. The molecule has 21 heavy (non-hydrogen) atoms. The zero-order valence-corrected chi connectivity index (χ0v) is 11.3. The van der Waals surface area contributed by atoms with E-state index in [1.807, 2.05) is 0 Å². The Morgan fingerprint density at radius 3 is 2.52 bits per heavy atom. The van der Waals surface area contributed by atoms with Crippen molar-refractivity contribution in [3.8, 4) is 5.75 Å². The van der Waals surface area contributed by atoms with E-state index in [1.54, 1.807) is 12.1 Å². The van der Waals surface area contributed by atoms with Crippen molar-refractivity contribution in [2.45, 2.75) is 19.6 Å². The summed E-state index contributed by atoms with van der Waals surface area (Å²) in [5.74, 6) is -0.0710. The molecule has 5 nitrogen and oxygen atoms in total. The molecule has 0 aromatic heterocycles. The molecule has 110 valence electrons. The van der Waals surface area contributed by atoms with E-state index < -0.39 is 16.8 Å². The number of nitrogens with zero attached hydrogens (tertiary/aromatic N) is 1. The van der Waals surface area contributed by atoms with Crippen LogP contribution in [0.3, 0.4) is 0 Å². The number of rotatable bonds is 5. The lowest BCUT2D eigenvalue weighted by Crippen LogP contribution is -2.01. The predicted molar refractivity (Wildman–Crippen MR) is 74.5 cm³/mol. The van der Waals surface area contributed by atoms with Crippen LogP contribution < -0.4 is 4.74 Å². The summed E-state index contributed by atoms with van der Waals surface area (Å²) in [7, 11) is 0. The second-order valence-corrected chi connectivity index (χ2v) is 4.57. The van der Waals surface area contributed by atoms with Crippen LogP contribution in [0.25, 0.3) is 0 Å². The van der Waals surface area contributed by atoms with Gasteiger partial charge >= 0.3 is 0 Å². The van der Waals surface area contributed by atoms with Crippen LogP contribution in [0.5, 0.6) is 5.75 Å². The lowest BCUT2D eigenvalue weighted by molar-refractivity contribution is -0.384. The Kier molecular flexibility index (Phi) is 4.49. The summed E-state index contributed by atoms with van der Waals surface area (Å²) in [5.41, 5.74) is 1.10. The molecule has 0 aliphatic heterocycles. The first-order valence-electron chi connectivity index (χ1n) is 6.31. The minimum Gasteiger partial charge on any atom is -0.489 e. The highest BCUT2D eigenvalue weighted by atomic mass is 19.1. The first-order chi connectivity index (χ1) is 9.97. The number of hydrogen-bond donors (Lipinski definition) is 1. The Hall–Kier alpha value is -2.47. The molecule has 0 radical (unpaired) electrons. The number of nitro benzene ring substituents is 1. The molecule has 0 heterocycles. The third-order valence-electron chi connectivity index (χ3n) is 2.96. The molecule has 1 atom stereocenters. The highest BCUT2D eigenvalue weighted by molar-refractivity contribution is 5.36. The van der Waals surface area contributed by atoms with Crippen LogP contribution in [0, 0.1) is 15.9 Å². The fourth-order valence-electron chi connectivity index (χ4n) is 1.85. The van der Waals surface area contributed by atoms with Gasteiger partial charge in [-0.1, -0.05) is 0 Å². The summed E-state index contributed by atoms with van der Waals surface area (Å²) in [6.45, 7) is 1.69. The second kappa shape index (κ2) is 6.32. The van der Waals surface area contributed by atoms with Gasteiger partial charge in [-0.05, 0) is 42.8 Å². The van der Waals surface area contributed by atoms with Gasteiger partial charge in [-0.25, -0.2) is 4.39 Å². The third-order valence-corrected chi connectivity index (χ3v) is 2.96. The maximum Gasteiger partial charge on any atom is 0.269 e. The van der Waals surface area contributed by atoms with E-state index in [0.29, 0.717) is 11.3 Å². The molecule has 1 unspecified atom stereocenters. The average molecular weight is 291 g/mol. The number of nitro groups is 1. The lowest BCUT2D eigenvalue weighted by atomic mass is 10.1. The fraction of sp³-hybridized carbons (Fsp3) is 0.200. The van der Waals surface area contributed by atoms with Gasteiger partial charge in [0, 0.05) is 17.7 Å². The van der Waals surface area contributed by atoms with Crippen molar-refractivity contribution < 1.29 is 19.2 Å². The molecule has 0 spiro atoms. The molecule has 0 saturated heterocycles. The Morgan fingerprint density at radius 1 is 1.29 bits per heavy atom. The monoisotopic (exact) mass is 291 g/mol. The van der Waals surface area contributed by atoms with Crippen molar-refractivity contribution in [3.05, 3.63) is 69.5 Å². The molecule has 0 aliphatic carbocycles. The second-order valence-electron chi connectivity index (χ2n) is 4.57. The van der Waals surface area contributed by atoms with Gasteiger partial charge in [0.2, 0.25) is 0 Å². The number of aliphatic hydroxyl groups is 1. The first kappa shape index (κ1) is 14.9. The van der Waals surface area contributed by atoms with Gasteiger partial charge in [-0.3, -0.25) is 10.1 Å². The molecule has 0 fully saturated rings. The summed E-state index contributed by atoms with van der Waals surface area (Å²) in [6.07, 6.45) is -0.854. The number of non-ortho nitro benzene ring substituents is 1. The normalized spacial score (nSPS) is 12.0. The van der Waals surface area contributed by atoms with E-state index in [0.717, 1.165) is 5.56 Å². The van der Waals surface area contributed by atoms with Crippen LogP contribution in [0.15, 0.2) is 42.5 Å². The van der Waals surface area contributed by atoms with Gasteiger partial charge in [-0.15, -0.1) is 0 Å². The highest BCUT2D eigenvalue weighted by Crippen LogP contribution is 2.26. The summed E-state index contributed by atoms with van der Waals surface area (Å²) in [6, 6.07) is 9.86. The van der Waals surface area contributed by atoms with E-state index in [1.165, 1.54) is 37.3 Å². The molecule has 2 rings (SSSR count). The lowest BCUT2D eigenvalue weighted by Gasteiger charge is -2.13.